The molecule has 2 aromatic carbocycles. The fourth-order valence-electron chi connectivity index (χ4n) is 3.11. The van der Waals surface area contributed by atoms with Gasteiger partial charge in [0.2, 0.25) is 0 Å². The number of aliphatic hydroxyl groups is 1. The molecule has 3 rings (SSSR count). The largest absolute Gasteiger partial charge is 0.478 e. The number of fused-ring (bicyclic) bond motifs is 1. The first kappa shape index (κ1) is 14.8. The van der Waals surface area contributed by atoms with Crippen molar-refractivity contribution in [3.05, 3.63) is 70.3 Å². The summed E-state index contributed by atoms with van der Waals surface area (Å²) in [6.07, 6.45) is 0.884. The molecule has 0 spiro atoms. The van der Waals surface area contributed by atoms with Crippen LogP contribution in [-0.2, 0) is 26.1 Å². The Bertz CT molecular complexity index is 682. The van der Waals surface area contributed by atoms with E-state index in [4.69, 9.17) is 0 Å². The molecule has 0 radical (unpaired) electrons. The summed E-state index contributed by atoms with van der Waals surface area (Å²) >= 11 is 0. The lowest BCUT2D eigenvalue weighted by Crippen LogP contribution is -2.31. The van der Waals surface area contributed by atoms with Gasteiger partial charge in [-0.3, -0.25) is 4.90 Å². The molecule has 0 bridgehead atoms. The van der Waals surface area contributed by atoms with Crippen molar-refractivity contribution in [1.29, 1.82) is 0 Å². The van der Waals surface area contributed by atoms with Crippen LogP contribution >= 0.6 is 0 Å². The molecule has 2 aromatic rings. The SMILES string of the molecule is O=C(O)c1ccc2c(c1CO)CN(Cc1ccccc1)CC2. The summed E-state index contributed by atoms with van der Waals surface area (Å²) in [5.41, 5.74) is 4.14. The average Bonchev–Trinajstić information content (AvgIpc) is 2.54. The maximum atomic E-state index is 11.3. The Labute approximate surface area is 129 Å². The summed E-state index contributed by atoms with van der Waals surface area (Å²) in [6.45, 7) is 2.23. The zero-order valence-corrected chi connectivity index (χ0v) is 12.3. The van der Waals surface area contributed by atoms with Crippen LogP contribution in [0.2, 0.25) is 0 Å². The second kappa shape index (κ2) is 6.30. The van der Waals surface area contributed by atoms with Gasteiger partial charge in [-0.05, 0) is 34.7 Å². The van der Waals surface area contributed by atoms with E-state index in [0.717, 1.165) is 30.6 Å². The molecule has 0 saturated heterocycles. The summed E-state index contributed by atoms with van der Waals surface area (Å²) in [5.74, 6) is -0.980. The number of rotatable bonds is 4. The van der Waals surface area contributed by atoms with Crippen molar-refractivity contribution < 1.29 is 15.0 Å². The van der Waals surface area contributed by atoms with Crippen molar-refractivity contribution in [2.24, 2.45) is 0 Å². The van der Waals surface area contributed by atoms with E-state index in [1.54, 1.807) is 6.07 Å². The molecule has 114 valence electrons. The lowest BCUT2D eigenvalue weighted by Gasteiger charge is -2.30. The molecule has 2 N–H and O–H groups in total. The molecular weight excluding hydrogens is 278 g/mol. The number of carboxylic acids is 1. The summed E-state index contributed by atoms with van der Waals surface area (Å²) in [4.78, 5) is 13.6. The van der Waals surface area contributed by atoms with E-state index in [-0.39, 0.29) is 12.2 Å². The van der Waals surface area contributed by atoms with Gasteiger partial charge in [-0.2, -0.15) is 0 Å². The number of carbonyl (C=O) groups is 1. The van der Waals surface area contributed by atoms with Crippen molar-refractivity contribution in [2.75, 3.05) is 6.54 Å². The standard InChI is InChI=1S/C18H19NO3/c20-12-17-15(18(21)22)7-6-14-8-9-19(11-16(14)17)10-13-4-2-1-3-5-13/h1-7,20H,8-12H2,(H,21,22). The molecule has 1 aliphatic heterocycles. The van der Waals surface area contributed by atoms with E-state index in [2.05, 4.69) is 17.0 Å². The predicted molar refractivity (Wildman–Crippen MR) is 83.6 cm³/mol. The topological polar surface area (TPSA) is 60.8 Å². The second-order valence-corrected chi connectivity index (χ2v) is 5.64. The molecule has 0 unspecified atom stereocenters. The van der Waals surface area contributed by atoms with E-state index in [0.29, 0.717) is 12.1 Å². The van der Waals surface area contributed by atoms with Crippen LogP contribution in [0.4, 0.5) is 0 Å². The molecule has 0 aromatic heterocycles. The first-order chi connectivity index (χ1) is 10.7. The van der Waals surface area contributed by atoms with Crippen molar-refractivity contribution >= 4 is 5.97 Å². The number of hydrogen-bond acceptors (Lipinski definition) is 3. The van der Waals surface area contributed by atoms with Crippen LogP contribution in [0.1, 0.15) is 32.6 Å². The normalized spacial score (nSPS) is 14.6. The summed E-state index contributed by atoms with van der Waals surface area (Å²) in [7, 11) is 0. The van der Waals surface area contributed by atoms with Crippen LogP contribution in [0, 0.1) is 0 Å². The number of nitrogens with zero attached hydrogens (tertiary/aromatic N) is 1. The quantitative estimate of drug-likeness (QED) is 0.910. The molecule has 4 heteroatoms. The van der Waals surface area contributed by atoms with E-state index in [9.17, 15) is 15.0 Å². The molecular formula is C18H19NO3. The second-order valence-electron chi connectivity index (χ2n) is 5.64. The van der Waals surface area contributed by atoms with Gasteiger partial charge in [0, 0.05) is 19.6 Å². The lowest BCUT2D eigenvalue weighted by atomic mass is 9.91. The van der Waals surface area contributed by atoms with Crippen LogP contribution in [0.15, 0.2) is 42.5 Å². The van der Waals surface area contributed by atoms with Gasteiger partial charge in [-0.25, -0.2) is 4.79 Å². The fraction of sp³-hybridized carbons (Fsp3) is 0.278. The van der Waals surface area contributed by atoms with Crippen LogP contribution in [0.3, 0.4) is 0 Å². The minimum absolute atomic E-state index is 0.211. The number of carboxylic acid groups (broad SMARTS) is 1. The Morgan fingerprint density at radius 3 is 2.59 bits per heavy atom. The van der Waals surface area contributed by atoms with Crippen molar-refractivity contribution in [3.8, 4) is 0 Å². The summed E-state index contributed by atoms with van der Waals surface area (Å²) in [6, 6.07) is 13.7. The van der Waals surface area contributed by atoms with Gasteiger partial charge in [0.1, 0.15) is 0 Å². The molecule has 1 heterocycles. The molecule has 0 saturated carbocycles. The highest BCUT2D eigenvalue weighted by Gasteiger charge is 2.22. The highest BCUT2D eigenvalue weighted by atomic mass is 16.4. The van der Waals surface area contributed by atoms with Crippen molar-refractivity contribution in [1.82, 2.24) is 4.90 Å². The number of aromatic carboxylic acids is 1. The van der Waals surface area contributed by atoms with Gasteiger partial charge in [0.15, 0.2) is 0 Å². The average molecular weight is 297 g/mol. The monoisotopic (exact) mass is 297 g/mol. The Morgan fingerprint density at radius 2 is 1.91 bits per heavy atom. The number of aliphatic hydroxyl groups excluding tert-OH is 1. The number of benzene rings is 2. The van der Waals surface area contributed by atoms with Crippen LogP contribution in [0.5, 0.6) is 0 Å². The third-order valence-corrected chi connectivity index (χ3v) is 4.24. The highest BCUT2D eigenvalue weighted by Crippen LogP contribution is 2.26. The first-order valence-electron chi connectivity index (χ1n) is 7.43. The van der Waals surface area contributed by atoms with E-state index in [1.165, 1.54) is 5.56 Å². The van der Waals surface area contributed by atoms with Crippen LogP contribution in [0.25, 0.3) is 0 Å². The molecule has 0 amide bonds. The van der Waals surface area contributed by atoms with E-state index in [1.807, 2.05) is 24.3 Å². The Hall–Kier alpha value is -2.17. The summed E-state index contributed by atoms with van der Waals surface area (Å²) in [5, 5.41) is 18.9. The van der Waals surface area contributed by atoms with Crippen LogP contribution in [-0.4, -0.2) is 27.6 Å². The van der Waals surface area contributed by atoms with Gasteiger partial charge < -0.3 is 10.2 Å². The van der Waals surface area contributed by atoms with Gasteiger partial charge in [0.05, 0.1) is 12.2 Å². The molecule has 0 aliphatic carbocycles. The lowest BCUT2D eigenvalue weighted by molar-refractivity contribution is 0.0692. The Balaban J connectivity index is 1.88. The van der Waals surface area contributed by atoms with E-state index >= 15 is 0 Å². The van der Waals surface area contributed by atoms with Gasteiger partial charge in [0.25, 0.3) is 0 Å². The Morgan fingerprint density at radius 1 is 1.14 bits per heavy atom. The van der Waals surface area contributed by atoms with Crippen LogP contribution < -0.4 is 0 Å². The van der Waals surface area contributed by atoms with Gasteiger partial charge in [-0.15, -0.1) is 0 Å². The molecule has 0 atom stereocenters. The minimum Gasteiger partial charge on any atom is -0.478 e. The maximum absolute atomic E-state index is 11.3. The zero-order valence-electron chi connectivity index (χ0n) is 12.3. The van der Waals surface area contributed by atoms with Gasteiger partial charge in [-0.1, -0.05) is 36.4 Å². The molecule has 0 fully saturated rings. The summed E-state index contributed by atoms with van der Waals surface area (Å²) < 4.78 is 0. The molecule has 1 aliphatic rings. The highest BCUT2D eigenvalue weighted by molar-refractivity contribution is 5.90. The van der Waals surface area contributed by atoms with E-state index < -0.39 is 5.97 Å². The smallest absolute Gasteiger partial charge is 0.336 e. The van der Waals surface area contributed by atoms with Gasteiger partial charge >= 0.3 is 5.97 Å². The van der Waals surface area contributed by atoms with Crippen molar-refractivity contribution in [3.63, 3.8) is 0 Å². The fourth-order valence-corrected chi connectivity index (χ4v) is 3.11. The molecule has 22 heavy (non-hydrogen) atoms. The number of hydrogen-bond donors (Lipinski definition) is 2. The predicted octanol–water partition coefficient (Wildman–Crippen LogP) is 2.44. The zero-order chi connectivity index (χ0) is 15.5. The third-order valence-electron chi connectivity index (χ3n) is 4.24. The molecule has 4 nitrogen and oxygen atoms in total. The minimum atomic E-state index is -0.980. The Kier molecular flexibility index (Phi) is 4.22. The third kappa shape index (κ3) is 2.89. The van der Waals surface area contributed by atoms with Crippen molar-refractivity contribution in [2.45, 2.75) is 26.1 Å². The maximum Gasteiger partial charge on any atom is 0.336 e. The first-order valence-corrected chi connectivity index (χ1v) is 7.43.